The summed E-state index contributed by atoms with van der Waals surface area (Å²) in [5, 5.41) is 16.5. The summed E-state index contributed by atoms with van der Waals surface area (Å²) in [6.45, 7) is 6.67. The number of hydrogen-bond donors (Lipinski definition) is 3. The summed E-state index contributed by atoms with van der Waals surface area (Å²) in [5.41, 5.74) is 2.58. The molecule has 26 heavy (non-hydrogen) atoms. The van der Waals surface area contributed by atoms with Crippen molar-refractivity contribution in [1.82, 2.24) is 15.5 Å². The fourth-order valence-electron chi connectivity index (χ4n) is 3.84. The van der Waals surface area contributed by atoms with Crippen LogP contribution in [0.15, 0.2) is 29.3 Å². The molecule has 1 heterocycles. The van der Waals surface area contributed by atoms with Gasteiger partial charge < -0.3 is 15.7 Å². The molecule has 0 unspecified atom stereocenters. The van der Waals surface area contributed by atoms with Gasteiger partial charge in [0.1, 0.15) is 0 Å². The van der Waals surface area contributed by atoms with E-state index in [1.807, 2.05) is 0 Å². The molecule has 0 spiro atoms. The van der Waals surface area contributed by atoms with Gasteiger partial charge in [-0.05, 0) is 43.7 Å². The molecule has 0 atom stereocenters. The van der Waals surface area contributed by atoms with Crippen molar-refractivity contribution in [2.24, 2.45) is 4.99 Å². The van der Waals surface area contributed by atoms with Crippen LogP contribution in [0.5, 0.6) is 0 Å². The number of benzene rings is 1. The van der Waals surface area contributed by atoms with Gasteiger partial charge in [-0.25, -0.2) is 4.99 Å². The zero-order valence-corrected chi connectivity index (χ0v) is 16.1. The highest BCUT2D eigenvalue weighted by atomic mass is 16.3. The van der Waals surface area contributed by atoms with Crippen LogP contribution in [0.2, 0.25) is 0 Å². The van der Waals surface area contributed by atoms with Crippen LogP contribution >= 0.6 is 0 Å². The van der Waals surface area contributed by atoms with E-state index in [2.05, 4.69) is 46.7 Å². The van der Waals surface area contributed by atoms with E-state index in [-0.39, 0.29) is 6.10 Å². The molecule has 5 heteroatoms. The summed E-state index contributed by atoms with van der Waals surface area (Å²) < 4.78 is 0. The molecular weight excluding hydrogens is 324 g/mol. The Balaban J connectivity index is 1.50. The molecular formula is C21H34N4O. The Bertz CT molecular complexity index is 558. The van der Waals surface area contributed by atoms with Crippen LogP contribution in [-0.4, -0.2) is 47.7 Å². The monoisotopic (exact) mass is 358 g/mol. The Kier molecular flexibility index (Phi) is 7.32. The third-order valence-electron chi connectivity index (χ3n) is 5.45. The third kappa shape index (κ3) is 5.99. The van der Waals surface area contributed by atoms with Gasteiger partial charge in [0.05, 0.1) is 12.6 Å². The molecule has 1 saturated heterocycles. The maximum atomic E-state index is 9.61. The molecule has 0 bridgehead atoms. The van der Waals surface area contributed by atoms with Gasteiger partial charge in [0.15, 0.2) is 5.96 Å². The molecule has 144 valence electrons. The predicted octanol–water partition coefficient (Wildman–Crippen LogP) is 2.64. The number of nitrogens with one attached hydrogen (secondary N) is 2. The number of guanidine groups is 1. The number of rotatable bonds is 6. The molecule has 1 aliphatic heterocycles. The lowest BCUT2D eigenvalue weighted by atomic mass is 10.1. The van der Waals surface area contributed by atoms with Gasteiger partial charge in [0.2, 0.25) is 0 Å². The van der Waals surface area contributed by atoms with Crippen molar-refractivity contribution in [2.75, 3.05) is 19.6 Å². The SMILES string of the molecule is CCNC(=NCc1ccc(CN2CCC(O)CC2)cc1)NC1CCCC1. The normalized spacial score (nSPS) is 20.5. The molecule has 0 amide bonds. The summed E-state index contributed by atoms with van der Waals surface area (Å²) in [6.07, 6.45) is 6.86. The van der Waals surface area contributed by atoms with Crippen LogP contribution in [0.25, 0.3) is 0 Å². The van der Waals surface area contributed by atoms with E-state index in [9.17, 15) is 5.11 Å². The molecule has 1 aromatic carbocycles. The predicted molar refractivity (Wildman–Crippen MR) is 107 cm³/mol. The van der Waals surface area contributed by atoms with Gasteiger partial charge in [0.25, 0.3) is 0 Å². The fraction of sp³-hybridized carbons (Fsp3) is 0.667. The number of likely N-dealkylation sites (tertiary alicyclic amines) is 1. The van der Waals surface area contributed by atoms with Crippen LogP contribution < -0.4 is 10.6 Å². The molecule has 3 rings (SSSR count). The minimum Gasteiger partial charge on any atom is -0.393 e. The first kappa shape index (κ1) is 19.2. The van der Waals surface area contributed by atoms with Gasteiger partial charge in [-0.3, -0.25) is 4.90 Å². The summed E-state index contributed by atoms with van der Waals surface area (Å²) >= 11 is 0. The lowest BCUT2D eigenvalue weighted by Crippen LogP contribution is -2.42. The van der Waals surface area contributed by atoms with Crippen molar-refractivity contribution >= 4 is 5.96 Å². The second-order valence-corrected chi connectivity index (χ2v) is 7.64. The summed E-state index contributed by atoms with van der Waals surface area (Å²) in [6, 6.07) is 9.40. The van der Waals surface area contributed by atoms with E-state index in [0.717, 1.165) is 45.0 Å². The van der Waals surface area contributed by atoms with Crippen molar-refractivity contribution in [3.8, 4) is 0 Å². The average molecular weight is 359 g/mol. The number of aliphatic hydroxyl groups is 1. The largest absolute Gasteiger partial charge is 0.393 e. The summed E-state index contributed by atoms with van der Waals surface area (Å²) in [7, 11) is 0. The average Bonchev–Trinajstić information content (AvgIpc) is 3.16. The molecule has 1 aromatic rings. The fourth-order valence-corrected chi connectivity index (χ4v) is 3.84. The van der Waals surface area contributed by atoms with Gasteiger partial charge in [0, 0.05) is 32.2 Å². The summed E-state index contributed by atoms with van der Waals surface area (Å²) in [5.74, 6) is 0.940. The molecule has 0 radical (unpaired) electrons. The molecule has 2 fully saturated rings. The van der Waals surface area contributed by atoms with E-state index >= 15 is 0 Å². The van der Waals surface area contributed by atoms with Crippen LogP contribution in [0, 0.1) is 0 Å². The lowest BCUT2D eigenvalue weighted by Gasteiger charge is -2.29. The maximum Gasteiger partial charge on any atom is 0.191 e. The minimum atomic E-state index is -0.102. The van der Waals surface area contributed by atoms with E-state index in [0.29, 0.717) is 12.6 Å². The molecule has 5 nitrogen and oxygen atoms in total. The number of aliphatic hydroxyl groups excluding tert-OH is 1. The van der Waals surface area contributed by atoms with Crippen LogP contribution in [-0.2, 0) is 13.1 Å². The van der Waals surface area contributed by atoms with E-state index < -0.39 is 0 Å². The Morgan fingerprint density at radius 2 is 1.73 bits per heavy atom. The number of aliphatic imine (C=N–C) groups is 1. The second kappa shape index (κ2) is 9.93. The Morgan fingerprint density at radius 1 is 1.08 bits per heavy atom. The van der Waals surface area contributed by atoms with E-state index in [1.54, 1.807) is 0 Å². The van der Waals surface area contributed by atoms with Gasteiger partial charge in [-0.1, -0.05) is 37.1 Å². The van der Waals surface area contributed by atoms with Crippen LogP contribution in [0.1, 0.15) is 56.6 Å². The number of nitrogens with zero attached hydrogens (tertiary/aromatic N) is 2. The first-order valence-corrected chi connectivity index (χ1v) is 10.3. The second-order valence-electron chi connectivity index (χ2n) is 7.64. The quantitative estimate of drug-likeness (QED) is 0.540. The molecule has 2 aliphatic rings. The highest BCUT2D eigenvalue weighted by Crippen LogP contribution is 2.17. The number of piperidine rings is 1. The first-order valence-electron chi connectivity index (χ1n) is 10.3. The van der Waals surface area contributed by atoms with Crippen molar-refractivity contribution < 1.29 is 5.11 Å². The maximum absolute atomic E-state index is 9.61. The Labute approximate surface area is 157 Å². The van der Waals surface area contributed by atoms with Crippen molar-refractivity contribution in [3.05, 3.63) is 35.4 Å². The topological polar surface area (TPSA) is 59.9 Å². The van der Waals surface area contributed by atoms with Gasteiger partial charge in [-0.15, -0.1) is 0 Å². The highest BCUT2D eigenvalue weighted by Gasteiger charge is 2.17. The summed E-state index contributed by atoms with van der Waals surface area (Å²) in [4.78, 5) is 7.18. The van der Waals surface area contributed by atoms with Crippen molar-refractivity contribution in [3.63, 3.8) is 0 Å². The first-order chi connectivity index (χ1) is 12.7. The van der Waals surface area contributed by atoms with Crippen molar-refractivity contribution in [1.29, 1.82) is 0 Å². The van der Waals surface area contributed by atoms with E-state index in [1.165, 1.54) is 36.8 Å². The van der Waals surface area contributed by atoms with E-state index in [4.69, 9.17) is 4.99 Å². The van der Waals surface area contributed by atoms with Crippen LogP contribution in [0.4, 0.5) is 0 Å². The smallest absolute Gasteiger partial charge is 0.191 e. The number of hydrogen-bond acceptors (Lipinski definition) is 3. The molecule has 1 aliphatic carbocycles. The minimum absolute atomic E-state index is 0.102. The van der Waals surface area contributed by atoms with Gasteiger partial charge >= 0.3 is 0 Å². The zero-order chi connectivity index (χ0) is 18.2. The Hall–Kier alpha value is -1.59. The molecule has 0 aromatic heterocycles. The van der Waals surface area contributed by atoms with Crippen molar-refractivity contribution in [2.45, 2.75) is 70.7 Å². The standard InChI is InChI=1S/C21H34N4O/c1-2-22-21(24-19-5-3-4-6-19)23-15-17-7-9-18(10-8-17)16-25-13-11-20(26)12-14-25/h7-10,19-20,26H,2-6,11-16H2,1H3,(H2,22,23,24). The Morgan fingerprint density at radius 3 is 2.38 bits per heavy atom. The van der Waals surface area contributed by atoms with Gasteiger partial charge in [-0.2, -0.15) is 0 Å². The lowest BCUT2D eigenvalue weighted by molar-refractivity contribution is 0.0792. The van der Waals surface area contributed by atoms with Crippen LogP contribution in [0.3, 0.4) is 0 Å². The third-order valence-corrected chi connectivity index (χ3v) is 5.45. The highest BCUT2D eigenvalue weighted by molar-refractivity contribution is 5.80. The molecule has 3 N–H and O–H groups in total. The zero-order valence-electron chi connectivity index (χ0n) is 16.1. The molecule has 1 saturated carbocycles.